The molecule has 0 saturated carbocycles. The van der Waals surface area contributed by atoms with Gasteiger partial charge < -0.3 is 10.6 Å². The maximum absolute atomic E-state index is 11.1. The lowest BCUT2D eigenvalue weighted by atomic mass is 9.82. The molecule has 0 amide bonds. The summed E-state index contributed by atoms with van der Waals surface area (Å²) in [6.07, 6.45) is 1.26. The number of sulfone groups is 1. The molecular weight excluding hydrogens is 224 g/mol. The molecule has 0 aliphatic carbocycles. The molecule has 2 N–H and O–H groups in total. The van der Waals surface area contributed by atoms with Crippen LogP contribution in [0.25, 0.3) is 0 Å². The Balaban J connectivity index is 4.59. The van der Waals surface area contributed by atoms with Crippen LogP contribution >= 0.6 is 0 Å². The molecule has 0 aliphatic heterocycles. The molecule has 5 heteroatoms. The molecule has 0 saturated heterocycles. The van der Waals surface area contributed by atoms with Crippen molar-refractivity contribution in [1.29, 1.82) is 0 Å². The number of nitrogens with zero attached hydrogens (tertiary/aromatic N) is 1. The molecule has 2 atom stereocenters. The normalized spacial score (nSPS) is 17.5. The highest BCUT2D eigenvalue weighted by Gasteiger charge is 2.31. The lowest BCUT2D eigenvalue weighted by molar-refractivity contribution is 0.112. The Morgan fingerprint density at radius 2 is 1.75 bits per heavy atom. The van der Waals surface area contributed by atoms with E-state index in [0.29, 0.717) is 6.54 Å². The smallest absolute Gasteiger partial charge is 0.148 e. The molecule has 2 unspecified atom stereocenters. The van der Waals surface area contributed by atoms with E-state index in [-0.39, 0.29) is 23.3 Å². The summed E-state index contributed by atoms with van der Waals surface area (Å²) in [6, 6.07) is 0.193. The van der Waals surface area contributed by atoms with E-state index in [1.807, 2.05) is 18.9 Å². The summed E-state index contributed by atoms with van der Waals surface area (Å²) in [5.41, 5.74) is 6.01. The van der Waals surface area contributed by atoms with E-state index in [4.69, 9.17) is 5.73 Å². The summed E-state index contributed by atoms with van der Waals surface area (Å²) in [7, 11) is -0.971. The minimum absolute atomic E-state index is 0.0181. The highest BCUT2D eigenvalue weighted by Crippen LogP contribution is 2.25. The van der Waals surface area contributed by atoms with Gasteiger partial charge in [-0.25, -0.2) is 8.42 Å². The van der Waals surface area contributed by atoms with Crippen molar-refractivity contribution in [1.82, 2.24) is 4.90 Å². The molecule has 0 fully saturated rings. The van der Waals surface area contributed by atoms with Crippen molar-refractivity contribution >= 4 is 9.84 Å². The van der Waals surface area contributed by atoms with Crippen LogP contribution in [0.4, 0.5) is 0 Å². The first-order valence-corrected chi connectivity index (χ1v) is 7.65. The predicted octanol–water partition coefficient (Wildman–Crippen LogP) is 0.725. The number of nitrogens with two attached hydrogens (primary N) is 1. The van der Waals surface area contributed by atoms with E-state index in [2.05, 4.69) is 20.8 Å². The summed E-state index contributed by atoms with van der Waals surface area (Å²) in [5, 5.41) is 0. The van der Waals surface area contributed by atoms with Crippen molar-refractivity contribution in [2.24, 2.45) is 11.1 Å². The Kier molecular flexibility index (Phi) is 5.42. The van der Waals surface area contributed by atoms with Crippen LogP contribution in [0.3, 0.4) is 0 Å². The zero-order valence-corrected chi connectivity index (χ0v) is 12.1. The Morgan fingerprint density at radius 3 is 2.00 bits per heavy atom. The highest BCUT2D eigenvalue weighted by molar-refractivity contribution is 7.90. The average molecular weight is 250 g/mol. The first-order chi connectivity index (χ1) is 6.95. The molecule has 0 heterocycles. The Hall–Kier alpha value is -0.130. The minimum Gasteiger partial charge on any atom is -0.327 e. The zero-order valence-electron chi connectivity index (χ0n) is 11.3. The standard InChI is InChI=1S/C11H26N2O2S/c1-9(12)10(11(2,3)4)13(5)7-8-16(6,14)15/h9-10H,7-8,12H2,1-6H3. The fourth-order valence-electron chi connectivity index (χ4n) is 2.30. The largest absolute Gasteiger partial charge is 0.327 e. The van der Waals surface area contributed by atoms with Crippen LogP contribution < -0.4 is 5.73 Å². The van der Waals surface area contributed by atoms with Gasteiger partial charge >= 0.3 is 0 Å². The van der Waals surface area contributed by atoms with E-state index in [0.717, 1.165) is 0 Å². The zero-order chi connectivity index (χ0) is 13.1. The van der Waals surface area contributed by atoms with Crippen LogP contribution in [0.2, 0.25) is 0 Å². The van der Waals surface area contributed by atoms with Crippen molar-refractivity contribution in [2.45, 2.75) is 39.8 Å². The van der Waals surface area contributed by atoms with Gasteiger partial charge in [-0.05, 0) is 19.4 Å². The van der Waals surface area contributed by atoms with Gasteiger partial charge in [-0.2, -0.15) is 0 Å². The van der Waals surface area contributed by atoms with Gasteiger partial charge in [-0.1, -0.05) is 20.8 Å². The van der Waals surface area contributed by atoms with Gasteiger partial charge in [-0.3, -0.25) is 0 Å². The SMILES string of the molecule is CC(N)C(N(C)CCS(C)(=O)=O)C(C)(C)C. The molecule has 0 aromatic heterocycles. The van der Waals surface area contributed by atoms with Crippen LogP contribution in [-0.2, 0) is 9.84 Å². The second-order valence-electron chi connectivity index (χ2n) is 5.78. The minimum atomic E-state index is -2.91. The Bertz CT molecular complexity index is 304. The van der Waals surface area contributed by atoms with Gasteiger partial charge in [0, 0.05) is 24.9 Å². The second kappa shape index (κ2) is 5.47. The average Bonchev–Trinajstić information content (AvgIpc) is 1.95. The fraction of sp³-hybridized carbons (Fsp3) is 1.00. The summed E-state index contributed by atoms with van der Waals surface area (Å²) in [4.78, 5) is 2.05. The van der Waals surface area contributed by atoms with E-state index in [9.17, 15) is 8.42 Å². The van der Waals surface area contributed by atoms with Gasteiger partial charge in [0.1, 0.15) is 9.84 Å². The van der Waals surface area contributed by atoms with Gasteiger partial charge in [0.05, 0.1) is 5.75 Å². The number of likely N-dealkylation sites (N-methyl/N-ethyl adjacent to an activating group) is 1. The Morgan fingerprint density at radius 1 is 1.31 bits per heavy atom. The van der Waals surface area contributed by atoms with Crippen molar-refractivity contribution in [2.75, 3.05) is 25.6 Å². The lowest BCUT2D eigenvalue weighted by Crippen LogP contribution is -2.53. The molecule has 0 spiro atoms. The summed E-state index contributed by atoms with van der Waals surface area (Å²) < 4.78 is 22.2. The van der Waals surface area contributed by atoms with Crippen molar-refractivity contribution in [3.05, 3.63) is 0 Å². The van der Waals surface area contributed by atoms with Crippen LogP contribution in [-0.4, -0.2) is 51.0 Å². The maximum Gasteiger partial charge on any atom is 0.148 e. The molecule has 0 aliphatic rings. The van der Waals surface area contributed by atoms with Crippen LogP contribution in [0, 0.1) is 5.41 Å². The lowest BCUT2D eigenvalue weighted by Gasteiger charge is -2.40. The Labute approximate surface area is 100 Å². The molecule has 4 nitrogen and oxygen atoms in total. The first-order valence-electron chi connectivity index (χ1n) is 5.58. The van der Waals surface area contributed by atoms with Crippen molar-refractivity contribution < 1.29 is 8.42 Å². The van der Waals surface area contributed by atoms with Gasteiger partial charge in [-0.15, -0.1) is 0 Å². The van der Waals surface area contributed by atoms with Gasteiger partial charge in [0.15, 0.2) is 0 Å². The topological polar surface area (TPSA) is 63.4 Å². The van der Waals surface area contributed by atoms with Gasteiger partial charge in [0.25, 0.3) is 0 Å². The number of hydrogen-bond acceptors (Lipinski definition) is 4. The molecule has 0 aromatic rings. The predicted molar refractivity (Wildman–Crippen MR) is 69.2 cm³/mol. The first kappa shape index (κ1) is 15.9. The van der Waals surface area contributed by atoms with Crippen LogP contribution in [0.15, 0.2) is 0 Å². The highest BCUT2D eigenvalue weighted by atomic mass is 32.2. The van der Waals surface area contributed by atoms with Crippen LogP contribution in [0.5, 0.6) is 0 Å². The third-order valence-electron chi connectivity index (χ3n) is 2.67. The molecule has 98 valence electrons. The summed E-state index contributed by atoms with van der Waals surface area (Å²) in [6.45, 7) is 8.86. The van der Waals surface area contributed by atoms with E-state index in [1.54, 1.807) is 0 Å². The molecule has 0 aromatic carbocycles. The second-order valence-corrected chi connectivity index (χ2v) is 8.04. The molecular formula is C11H26N2O2S. The quantitative estimate of drug-likeness (QED) is 0.781. The molecule has 0 bridgehead atoms. The maximum atomic E-state index is 11.1. The van der Waals surface area contributed by atoms with Crippen molar-refractivity contribution in [3.8, 4) is 0 Å². The van der Waals surface area contributed by atoms with Gasteiger partial charge in [0.2, 0.25) is 0 Å². The third kappa shape index (κ3) is 5.82. The number of hydrogen-bond donors (Lipinski definition) is 1. The molecule has 16 heavy (non-hydrogen) atoms. The molecule has 0 rings (SSSR count). The van der Waals surface area contributed by atoms with E-state index < -0.39 is 9.84 Å². The number of rotatable bonds is 5. The summed E-state index contributed by atoms with van der Waals surface area (Å²) in [5.74, 6) is 0.183. The monoisotopic (exact) mass is 250 g/mol. The van der Waals surface area contributed by atoms with Crippen molar-refractivity contribution in [3.63, 3.8) is 0 Å². The third-order valence-corrected chi connectivity index (χ3v) is 3.60. The van der Waals surface area contributed by atoms with Crippen LogP contribution in [0.1, 0.15) is 27.7 Å². The molecule has 0 radical (unpaired) electrons. The van der Waals surface area contributed by atoms with E-state index >= 15 is 0 Å². The fourth-order valence-corrected chi connectivity index (χ4v) is 2.92. The summed E-state index contributed by atoms with van der Waals surface area (Å²) >= 11 is 0. The van der Waals surface area contributed by atoms with E-state index in [1.165, 1.54) is 6.26 Å².